The van der Waals surface area contributed by atoms with Gasteiger partial charge in [-0.3, -0.25) is 0 Å². The summed E-state index contributed by atoms with van der Waals surface area (Å²) >= 11 is 0. The Morgan fingerprint density at radius 2 is 1.94 bits per heavy atom. The van der Waals surface area contributed by atoms with Gasteiger partial charge in [0.05, 0.1) is 0 Å². The molecule has 2 rings (SSSR count). The lowest BCUT2D eigenvalue weighted by molar-refractivity contribution is 0.399. The fourth-order valence-electron chi connectivity index (χ4n) is 2.63. The summed E-state index contributed by atoms with van der Waals surface area (Å²) in [6.45, 7) is 14.1. The van der Waals surface area contributed by atoms with Gasteiger partial charge >= 0.3 is 0 Å². The fourth-order valence-corrected chi connectivity index (χ4v) is 2.63. The summed E-state index contributed by atoms with van der Waals surface area (Å²) in [7, 11) is 0. The molecule has 0 saturated carbocycles. The summed E-state index contributed by atoms with van der Waals surface area (Å²) < 4.78 is 0. The number of para-hydroxylation sites is 1. The van der Waals surface area contributed by atoms with Gasteiger partial charge in [0.15, 0.2) is 0 Å². The van der Waals surface area contributed by atoms with Crippen LogP contribution in [0.4, 0.5) is 5.69 Å². The van der Waals surface area contributed by atoms with Gasteiger partial charge in [-0.1, -0.05) is 39.0 Å². The van der Waals surface area contributed by atoms with Crippen molar-refractivity contribution in [3.63, 3.8) is 0 Å². The molecule has 88 valence electrons. The normalized spacial score (nSPS) is 22.0. The Balaban J connectivity index is 0.000000606. The molecule has 1 aromatic rings. The van der Waals surface area contributed by atoms with Gasteiger partial charge in [-0.05, 0) is 24.0 Å². The Hall–Kier alpha value is -1.24. The van der Waals surface area contributed by atoms with E-state index in [2.05, 4.69) is 63.5 Å². The molecular formula is C15H23N. The van der Waals surface area contributed by atoms with Crippen LogP contribution in [0.15, 0.2) is 37.4 Å². The van der Waals surface area contributed by atoms with E-state index in [1.54, 1.807) is 0 Å². The maximum absolute atomic E-state index is 3.50. The molecule has 1 heteroatoms. The molecule has 16 heavy (non-hydrogen) atoms. The number of anilines is 1. The van der Waals surface area contributed by atoms with Crippen LogP contribution in [-0.2, 0) is 5.41 Å². The third-order valence-electron chi connectivity index (χ3n) is 3.11. The van der Waals surface area contributed by atoms with Crippen molar-refractivity contribution in [1.82, 2.24) is 0 Å². The minimum absolute atomic E-state index is 0.338. The largest absolute Gasteiger partial charge is 0.384 e. The molecule has 1 N–H and O–H groups in total. The van der Waals surface area contributed by atoms with Gasteiger partial charge in [0.2, 0.25) is 0 Å². The fraction of sp³-hybridized carbons (Fsp3) is 0.467. The van der Waals surface area contributed by atoms with E-state index in [-0.39, 0.29) is 0 Å². The molecule has 0 saturated heterocycles. The Bertz CT molecular complexity index is 343. The number of hydrogen-bond donors (Lipinski definition) is 1. The highest BCUT2D eigenvalue weighted by Crippen LogP contribution is 2.40. The molecule has 0 aliphatic carbocycles. The summed E-state index contributed by atoms with van der Waals surface area (Å²) in [6.07, 6.45) is 1.26. The molecule has 0 amide bonds. The third kappa shape index (κ3) is 2.46. The van der Waals surface area contributed by atoms with Gasteiger partial charge in [0, 0.05) is 17.6 Å². The lowest BCUT2D eigenvalue weighted by Gasteiger charge is -2.26. The Morgan fingerprint density at radius 3 is 2.56 bits per heavy atom. The number of hydrogen-bond acceptors (Lipinski definition) is 1. The van der Waals surface area contributed by atoms with E-state index >= 15 is 0 Å². The van der Waals surface area contributed by atoms with Crippen molar-refractivity contribution < 1.29 is 0 Å². The Morgan fingerprint density at radius 1 is 1.31 bits per heavy atom. The van der Waals surface area contributed by atoms with Crippen LogP contribution in [0.3, 0.4) is 0 Å². The molecular weight excluding hydrogens is 194 g/mol. The van der Waals surface area contributed by atoms with Crippen LogP contribution in [0.25, 0.3) is 0 Å². The van der Waals surface area contributed by atoms with E-state index in [9.17, 15) is 0 Å². The molecule has 1 atom stereocenters. The number of fused-ring (bicyclic) bond motifs is 1. The minimum atomic E-state index is 0.338. The zero-order valence-corrected chi connectivity index (χ0v) is 10.7. The monoisotopic (exact) mass is 217 g/mol. The molecule has 1 nitrogen and oxygen atoms in total. The van der Waals surface area contributed by atoms with Gasteiger partial charge in [0.25, 0.3) is 0 Å². The van der Waals surface area contributed by atoms with Gasteiger partial charge in [0.1, 0.15) is 0 Å². The van der Waals surface area contributed by atoms with Crippen molar-refractivity contribution in [3.05, 3.63) is 43.0 Å². The summed E-state index contributed by atoms with van der Waals surface area (Å²) in [5.74, 6) is 0.757. The molecule has 0 spiro atoms. The Kier molecular flexibility index (Phi) is 4.17. The maximum Gasteiger partial charge on any atom is 0.0379 e. The second kappa shape index (κ2) is 5.20. The first-order valence-corrected chi connectivity index (χ1v) is 5.95. The van der Waals surface area contributed by atoms with E-state index < -0.39 is 0 Å². The van der Waals surface area contributed by atoms with E-state index in [1.807, 2.05) is 0 Å². The highest BCUT2D eigenvalue weighted by molar-refractivity contribution is 5.59. The first kappa shape index (κ1) is 12.8. The van der Waals surface area contributed by atoms with Crippen molar-refractivity contribution in [2.45, 2.75) is 32.6 Å². The van der Waals surface area contributed by atoms with Crippen LogP contribution in [0.1, 0.15) is 32.8 Å². The first-order valence-electron chi connectivity index (χ1n) is 5.95. The Labute approximate surface area is 99.6 Å². The lowest BCUT2D eigenvalue weighted by Crippen LogP contribution is -2.26. The van der Waals surface area contributed by atoms with E-state index in [0.717, 1.165) is 12.5 Å². The molecule has 1 aromatic carbocycles. The maximum atomic E-state index is 3.50. The van der Waals surface area contributed by atoms with Crippen molar-refractivity contribution in [1.29, 1.82) is 0 Å². The van der Waals surface area contributed by atoms with Crippen molar-refractivity contribution >= 4 is 5.69 Å². The smallest absolute Gasteiger partial charge is 0.0379 e. The van der Waals surface area contributed by atoms with Crippen molar-refractivity contribution in [2.75, 3.05) is 11.9 Å². The molecule has 0 radical (unpaired) electrons. The van der Waals surface area contributed by atoms with E-state index in [1.165, 1.54) is 17.7 Å². The van der Waals surface area contributed by atoms with Crippen LogP contribution < -0.4 is 5.32 Å². The van der Waals surface area contributed by atoms with Gasteiger partial charge < -0.3 is 5.32 Å². The highest BCUT2D eigenvalue weighted by Gasteiger charge is 2.34. The molecule has 1 unspecified atom stereocenters. The molecule has 1 aliphatic heterocycles. The standard InChI is InChI=1S/C13H19N.C2H4/c1-10(2)8-13(3)9-14-12-7-5-4-6-11(12)13;1-2/h4-7,10,14H,8-9H2,1-3H3;1-2H2. The van der Waals surface area contributed by atoms with Crippen molar-refractivity contribution in [3.8, 4) is 0 Å². The molecule has 0 fully saturated rings. The van der Waals surface area contributed by atoms with Crippen LogP contribution in [0.5, 0.6) is 0 Å². The van der Waals surface area contributed by atoms with Crippen molar-refractivity contribution in [2.24, 2.45) is 5.92 Å². The van der Waals surface area contributed by atoms with E-state index in [0.29, 0.717) is 5.41 Å². The zero-order valence-electron chi connectivity index (χ0n) is 10.7. The number of benzene rings is 1. The van der Waals surface area contributed by atoms with Gasteiger partial charge in [-0.25, -0.2) is 0 Å². The first-order chi connectivity index (χ1) is 7.62. The van der Waals surface area contributed by atoms with E-state index in [4.69, 9.17) is 0 Å². The zero-order chi connectivity index (χ0) is 12.2. The quantitative estimate of drug-likeness (QED) is 0.731. The second-order valence-corrected chi connectivity index (χ2v) is 5.06. The predicted octanol–water partition coefficient (Wildman–Crippen LogP) is 4.22. The average molecular weight is 217 g/mol. The van der Waals surface area contributed by atoms with Crippen LogP contribution in [-0.4, -0.2) is 6.54 Å². The van der Waals surface area contributed by atoms with Gasteiger partial charge in [-0.15, -0.1) is 13.2 Å². The second-order valence-electron chi connectivity index (χ2n) is 5.06. The lowest BCUT2D eigenvalue weighted by atomic mass is 9.78. The molecule has 1 heterocycles. The average Bonchev–Trinajstić information content (AvgIpc) is 2.59. The minimum Gasteiger partial charge on any atom is -0.384 e. The topological polar surface area (TPSA) is 12.0 Å². The van der Waals surface area contributed by atoms with Crippen LogP contribution in [0, 0.1) is 5.92 Å². The predicted molar refractivity (Wildman–Crippen MR) is 73.0 cm³/mol. The van der Waals surface area contributed by atoms with Crippen LogP contribution in [0.2, 0.25) is 0 Å². The summed E-state index contributed by atoms with van der Waals surface area (Å²) in [5, 5.41) is 3.50. The van der Waals surface area contributed by atoms with Gasteiger partial charge in [-0.2, -0.15) is 0 Å². The van der Waals surface area contributed by atoms with Crippen LogP contribution >= 0.6 is 0 Å². The SMILES string of the molecule is C=C.CC(C)CC1(C)CNc2ccccc21. The summed E-state index contributed by atoms with van der Waals surface area (Å²) in [6, 6.07) is 8.69. The summed E-state index contributed by atoms with van der Waals surface area (Å²) in [4.78, 5) is 0. The number of nitrogens with one attached hydrogen (secondary N) is 1. The molecule has 1 aliphatic rings. The molecule has 0 bridgehead atoms. The summed E-state index contributed by atoms with van der Waals surface area (Å²) in [5.41, 5.74) is 3.16. The molecule has 0 aromatic heterocycles. The highest BCUT2D eigenvalue weighted by atomic mass is 14.9. The third-order valence-corrected chi connectivity index (χ3v) is 3.11. The number of rotatable bonds is 2.